The first-order valence-electron chi connectivity index (χ1n) is 5.60. The monoisotopic (exact) mass is 233 g/mol. The third kappa shape index (κ3) is 3.16. The summed E-state index contributed by atoms with van der Waals surface area (Å²) < 4.78 is 28.2. The standard InChI is InChI=1S/C10H19NO3S/c1-8-5-11-10(14-6-8)4-9-2-3-15(12,13)7-9/h8-11H,2-7H2,1H3. The molecular formula is C10H19NO3S. The molecule has 1 N–H and O–H groups in total. The van der Waals surface area contributed by atoms with Gasteiger partial charge in [-0.2, -0.15) is 0 Å². The fourth-order valence-electron chi connectivity index (χ4n) is 2.24. The molecule has 0 radical (unpaired) electrons. The molecule has 0 spiro atoms. The van der Waals surface area contributed by atoms with Crippen LogP contribution >= 0.6 is 0 Å². The van der Waals surface area contributed by atoms with Crippen molar-refractivity contribution in [3.63, 3.8) is 0 Å². The van der Waals surface area contributed by atoms with E-state index < -0.39 is 9.84 Å². The average molecular weight is 233 g/mol. The van der Waals surface area contributed by atoms with E-state index in [0.717, 1.165) is 26.0 Å². The van der Waals surface area contributed by atoms with Gasteiger partial charge in [0.1, 0.15) is 6.23 Å². The number of hydrogen-bond acceptors (Lipinski definition) is 4. The second-order valence-electron chi connectivity index (χ2n) is 4.84. The van der Waals surface area contributed by atoms with E-state index in [2.05, 4.69) is 12.2 Å². The van der Waals surface area contributed by atoms with Crippen LogP contribution in [0.25, 0.3) is 0 Å². The van der Waals surface area contributed by atoms with Gasteiger partial charge in [-0.05, 0) is 24.7 Å². The zero-order valence-corrected chi connectivity index (χ0v) is 9.92. The lowest BCUT2D eigenvalue weighted by atomic mass is 10.0. The molecule has 0 saturated carbocycles. The van der Waals surface area contributed by atoms with Crippen LogP contribution in [0, 0.1) is 11.8 Å². The fourth-order valence-corrected chi connectivity index (χ4v) is 4.12. The van der Waals surface area contributed by atoms with Crippen LogP contribution in [0.15, 0.2) is 0 Å². The molecule has 2 aliphatic heterocycles. The summed E-state index contributed by atoms with van der Waals surface area (Å²) in [6.07, 6.45) is 1.71. The number of rotatable bonds is 2. The minimum Gasteiger partial charge on any atom is -0.363 e. The van der Waals surface area contributed by atoms with E-state index in [0.29, 0.717) is 23.3 Å². The van der Waals surface area contributed by atoms with Gasteiger partial charge in [0.05, 0.1) is 18.1 Å². The molecule has 3 atom stereocenters. The Labute approximate surface area is 91.3 Å². The lowest BCUT2D eigenvalue weighted by Gasteiger charge is -2.29. The Morgan fingerprint density at radius 2 is 2.27 bits per heavy atom. The largest absolute Gasteiger partial charge is 0.363 e. The van der Waals surface area contributed by atoms with Crippen molar-refractivity contribution in [2.24, 2.45) is 11.8 Å². The molecule has 2 fully saturated rings. The van der Waals surface area contributed by atoms with Crippen LogP contribution < -0.4 is 5.32 Å². The van der Waals surface area contributed by atoms with Crippen molar-refractivity contribution in [1.29, 1.82) is 0 Å². The maximum Gasteiger partial charge on any atom is 0.150 e. The highest BCUT2D eigenvalue weighted by atomic mass is 32.2. The van der Waals surface area contributed by atoms with Gasteiger partial charge in [0, 0.05) is 6.54 Å². The summed E-state index contributed by atoms with van der Waals surface area (Å²) in [5.41, 5.74) is 0. The number of nitrogens with one attached hydrogen (secondary N) is 1. The minimum absolute atomic E-state index is 0.0690. The van der Waals surface area contributed by atoms with Crippen LogP contribution in [0.5, 0.6) is 0 Å². The van der Waals surface area contributed by atoms with Gasteiger partial charge < -0.3 is 4.74 Å². The van der Waals surface area contributed by atoms with Gasteiger partial charge in [-0.25, -0.2) is 8.42 Å². The molecule has 2 heterocycles. The van der Waals surface area contributed by atoms with Crippen molar-refractivity contribution in [2.75, 3.05) is 24.7 Å². The predicted octanol–water partition coefficient (Wildman–Crippen LogP) is 0.393. The zero-order valence-electron chi connectivity index (χ0n) is 9.11. The summed E-state index contributed by atoms with van der Waals surface area (Å²) in [5, 5.41) is 3.31. The van der Waals surface area contributed by atoms with E-state index in [9.17, 15) is 8.42 Å². The normalized spacial score (nSPS) is 40.5. The van der Waals surface area contributed by atoms with Gasteiger partial charge in [0.2, 0.25) is 0 Å². The van der Waals surface area contributed by atoms with E-state index in [-0.39, 0.29) is 6.23 Å². The quantitative estimate of drug-likeness (QED) is 0.750. The minimum atomic E-state index is -2.74. The van der Waals surface area contributed by atoms with Crippen molar-refractivity contribution in [2.45, 2.75) is 26.0 Å². The van der Waals surface area contributed by atoms with Crippen LogP contribution in [-0.4, -0.2) is 39.3 Å². The van der Waals surface area contributed by atoms with Crippen LogP contribution in [0.4, 0.5) is 0 Å². The Hall–Kier alpha value is -0.130. The van der Waals surface area contributed by atoms with Crippen LogP contribution in [0.2, 0.25) is 0 Å². The highest BCUT2D eigenvalue weighted by Gasteiger charge is 2.31. The van der Waals surface area contributed by atoms with Crippen LogP contribution in [0.1, 0.15) is 19.8 Å². The van der Waals surface area contributed by atoms with Gasteiger partial charge in [-0.3, -0.25) is 5.32 Å². The summed E-state index contributed by atoms with van der Waals surface area (Å²) in [6.45, 7) is 3.91. The molecule has 0 bridgehead atoms. The molecule has 0 aromatic heterocycles. The predicted molar refractivity (Wildman–Crippen MR) is 58.3 cm³/mol. The molecular weight excluding hydrogens is 214 g/mol. The second kappa shape index (κ2) is 4.39. The maximum absolute atomic E-state index is 11.3. The van der Waals surface area contributed by atoms with Gasteiger partial charge in [0.25, 0.3) is 0 Å². The topological polar surface area (TPSA) is 55.4 Å². The van der Waals surface area contributed by atoms with Crippen molar-refractivity contribution in [3.8, 4) is 0 Å². The van der Waals surface area contributed by atoms with Crippen molar-refractivity contribution in [1.82, 2.24) is 5.32 Å². The Balaban J connectivity index is 1.78. The fraction of sp³-hybridized carbons (Fsp3) is 1.00. The van der Waals surface area contributed by atoms with E-state index in [1.165, 1.54) is 0 Å². The highest BCUT2D eigenvalue weighted by Crippen LogP contribution is 2.24. The molecule has 0 amide bonds. The molecule has 0 aromatic rings. The number of ether oxygens (including phenoxy) is 1. The average Bonchev–Trinajstić information content (AvgIpc) is 2.50. The van der Waals surface area contributed by atoms with E-state index >= 15 is 0 Å². The lowest BCUT2D eigenvalue weighted by Crippen LogP contribution is -2.43. The van der Waals surface area contributed by atoms with Gasteiger partial charge in [0.15, 0.2) is 9.84 Å². The molecule has 3 unspecified atom stereocenters. The summed E-state index contributed by atoms with van der Waals surface area (Å²) in [5.74, 6) is 1.57. The molecule has 0 aromatic carbocycles. The van der Waals surface area contributed by atoms with Crippen LogP contribution in [0.3, 0.4) is 0 Å². The Bertz CT molecular complexity index is 307. The molecule has 5 heteroatoms. The first-order valence-corrected chi connectivity index (χ1v) is 7.43. The third-order valence-corrected chi connectivity index (χ3v) is 4.99. The van der Waals surface area contributed by atoms with Crippen LogP contribution in [-0.2, 0) is 14.6 Å². The number of hydrogen-bond donors (Lipinski definition) is 1. The maximum atomic E-state index is 11.3. The number of sulfone groups is 1. The zero-order chi connectivity index (χ0) is 10.9. The van der Waals surface area contributed by atoms with Gasteiger partial charge in [-0.15, -0.1) is 0 Å². The summed E-state index contributed by atoms with van der Waals surface area (Å²) in [4.78, 5) is 0. The highest BCUT2D eigenvalue weighted by molar-refractivity contribution is 7.91. The smallest absolute Gasteiger partial charge is 0.150 e. The molecule has 2 aliphatic rings. The molecule has 0 aliphatic carbocycles. The Kier molecular flexibility index (Phi) is 3.33. The van der Waals surface area contributed by atoms with Crippen molar-refractivity contribution < 1.29 is 13.2 Å². The van der Waals surface area contributed by atoms with Gasteiger partial charge in [-0.1, -0.05) is 6.92 Å². The van der Waals surface area contributed by atoms with Gasteiger partial charge >= 0.3 is 0 Å². The first kappa shape index (κ1) is 11.4. The van der Waals surface area contributed by atoms with E-state index in [1.54, 1.807) is 0 Å². The Morgan fingerprint density at radius 3 is 2.80 bits per heavy atom. The molecule has 88 valence electrons. The second-order valence-corrected chi connectivity index (χ2v) is 7.07. The summed E-state index contributed by atoms with van der Waals surface area (Å²) >= 11 is 0. The molecule has 2 rings (SSSR count). The molecule has 2 saturated heterocycles. The van der Waals surface area contributed by atoms with E-state index in [1.807, 2.05) is 0 Å². The van der Waals surface area contributed by atoms with Crippen molar-refractivity contribution in [3.05, 3.63) is 0 Å². The first-order chi connectivity index (χ1) is 7.05. The molecule has 4 nitrogen and oxygen atoms in total. The summed E-state index contributed by atoms with van der Waals surface area (Å²) in [7, 11) is -2.74. The Morgan fingerprint density at radius 1 is 1.47 bits per heavy atom. The van der Waals surface area contributed by atoms with Crippen molar-refractivity contribution >= 4 is 9.84 Å². The summed E-state index contributed by atoms with van der Waals surface area (Å²) in [6, 6.07) is 0. The SMILES string of the molecule is CC1CNC(CC2CCS(=O)(=O)C2)OC1. The lowest BCUT2D eigenvalue weighted by molar-refractivity contribution is -0.0343. The molecule has 15 heavy (non-hydrogen) atoms. The van der Waals surface area contributed by atoms with E-state index in [4.69, 9.17) is 4.74 Å². The third-order valence-electron chi connectivity index (χ3n) is 3.15.